The molecule has 3 heterocycles. The molecule has 2 N–H and O–H groups in total. The molecule has 1 atom stereocenters. The normalized spacial score (nSPS) is 15.2. The Hall–Kier alpha value is -5.11. The number of nitrogens with zero attached hydrogens (tertiary/aromatic N) is 6. The molecule has 2 aromatic heterocycles. The van der Waals surface area contributed by atoms with E-state index < -0.39 is 29.3 Å². The van der Waals surface area contributed by atoms with Gasteiger partial charge in [0.15, 0.2) is 0 Å². The van der Waals surface area contributed by atoms with Crippen molar-refractivity contribution in [2.45, 2.75) is 58.5 Å². The number of likely N-dealkylation sites (tertiary alicyclic amines) is 1. The number of rotatable bonds is 8. The van der Waals surface area contributed by atoms with Crippen LogP contribution in [0.25, 0.3) is 11.3 Å². The summed E-state index contributed by atoms with van der Waals surface area (Å²) < 4.78 is 48.2. The number of alkyl halides is 3. The first kappa shape index (κ1) is 34.2. The Labute approximate surface area is 276 Å². The molecule has 0 bridgehead atoms. The lowest BCUT2D eigenvalue weighted by Gasteiger charge is -2.28. The van der Waals surface area contributed by atoms with Gasteiger partial charge in [-0.05, 0) is 75.6 Å². The smallest absolute Gasteiger partial charge is 0.416 e. The fourth-order valence-corrected chi connectivity index (χ4v) is 5.28. The van der Waals surface area contributed by atoms with Crippen molar-refractivity contribution in [1.29, 1.82) is 0 Å². The highest BCUT2D eigenvalue weighted by atomic mass is 19.4. The van der Waals surface area contributed by atoms with Gasteiger partial charge < -0.3 is 20.3 Å². The first-order valence-electron chi connectivity index (χ1n) is 15.3. The lowest BCUT2D eigenvalue weighted by atomic mass is 10.0. The number of benzene rings is 2. The van der Waals surface area contributed by atoms with E-state index in [2.05, 4.69) is 30.6 Å². The van der Waals surface area contributed by atoms with Gasteiger partial charge in [-0.3, -0.25) is 9.69 Å². The van der Waals surface area contributed by atoms with Crippen LogP contribution < -0.4 is 10.6 Å². The second kappa shape index (κ2) is 13.9. The van der Waals surface area contributed by atoms with E-state index in [1.165, 1.54) is 23.4 Å². The third-order valence-corrected chi connectivity index (χ3v) is 7.80. The van der Waals surface area contributed by atoms with Crippen LogP contribution in [0.5, 0.6) is 0 Å². The van der Waals surface area contributed by atoms with Gasteiger partial charge in [0.25, 0.3) is 5.91 Å². The number of amides is 2. The van der Waals surface area contributed by atoms with Crippen LogP contribution in [0.4, 0.5) is 35.3 Å². The number of aryl methyl sites for hydroxylation is 1. The SMILES string of the molecule is Cc1ccc(NC(=O)c2ccc(CN3CCC(N(C)C(=O)OC(C)(C)C)C3)c(C(F)(F)F)c2)cc1Nc1nccc(-c2cncnc2)n1. The minimum atomic E-state index is -4.68. The number of ether oxygens (including phenoxy) is 1. The number of nitrogens with one attached hydrogen (secondary N) is 2. The molecule has 0 radical (unpaired) electrons. The molecule has 4 aromatic rings. The Balaban J connectivity index is 1.27. The Morgan fingerprint density at radius 1 is 1.06 bits per heavy atom. The second-order valence-electron chi connectivity index (χ2n) is 12.6. The number of likely N-dealkylation sites (N-methyl/N-ethyl adjacent to an activating group) is 1. The van der Waals surface area contributed by atoms with E-state index in [1.807, 2.05) is 11.8 Å². The highest BCUT2D eigenvalue weighted by Gasteiger charge is 2.36. The standard InChI is InChI=1S/C34H37F3N8O3/c1-21-6-9-25(15-29(21)43-31-40-12-10-28(42-31)24-16-38-20-39-17-24)41-30(46)22-7-8-23(27(14-22)34(35,36)37)18-45-13-11-26(19-45)44(5)32(47)48-33(2,3)4/h6-10,12,14-17,20,26H,11,13,18-19H2,1-5H3,(H,41,46)(H,40,42,43). The van der Waals surface area contributed by atoms with Crippen LogP contribution >= 0.6 is 0 Å². The van der Waals surface area contributed by atoms with E-state index in [0.717, 1.165) is 11.6 Å². The third kappa shape index (κ3) is 8.62. The van der Waals surface area contributed by atoms with Gasteiger partial charge in [-0.25, -0.2) is 24.7 Å². The lowest BCUT2D eigenvalue weighted by Crippen LogP contribution is -2.42. The molecule has 0 saturated carbocycles. The molecule has 0 spiro atoms. The molecule has 252 valence electrons. The molecule has 14 heteroatoms. The summed E-state index contributed by atoms with van der Waals surface area (Å²) >= 11 is 0. The van der Waals surface area contributed by atoms with E-state index in [4.69, 9.17) is 4.74 Å². The number of hydrogen-bond acceptors (Lipinski definition) is 9. The van der Waals surface area contributed by atoms with E-state index in [0.29, 0.717) is 48.1 Å². The van der Waals surface area contributed by atoms with Gasteiger partial charge in [0.05, 0.1) is 11.3 Å². The molecular formula is C34H37F3N8O3. The van der Waals surface area contributed by atoms with Crippen LogP contribution in [0.15, 0.2) is 67.4 Å². The van der Waals surface area contributed by atoms with Gasteiger partial charge in [0.1, 0.15) is 11.9 Å². The second-order valence-corrected chi connectivity index (χ2v) is 12.6. The number of hydrogen-bond donors (Lipinski definition) is 2. The molecule has 1 aliphatic rings. The Kier molecular flexibility index (Phi) is 9.94. The average Bonchev–Trinajstić information content (AvgIpc) is 3.50. The topological polar surface area (TPSA) is 125 Å². The van der Waals surface area contributed by atoms with Crippen molar-refractivity contribution in [3.8, 4) is 11.3 Å². The maximum absolute atomic E-state index is 14.3. The molecule has 1 fully saturated rings. The van der Waals surface area contributed by atoms with E-state index >= 15 is 0 Å². The Morgan fingerprint density at radius 3 is 2.52 bits per heavy atom. The van der Waals surface area contributed by atoms with Crippen molar-refractivity contribution < 1.29 is 27.5 Å². The minimum absolute atomic E-state index is 0.0168. The summed E-state index contributed by atoms with van der Waals surface area (Å²) in [7, 11) is 1.64. The van der Waals surface area contributed by atoms with Crippen LogP contribution in [0, 0.1) is 6.92 Å². The van der Waals surface area contributed by atoms with Gasteiger partial charge in [0.2, 0.25) is 5.95 Å². The largest absolute Gasteiger partial charge is 0.444 e. The summed E-state index contributed by atoms with van der Waals surface area (Å²) in [5.74, 6) is -0.390. The summed E-state index contributed by atoms with van der Waals surface area (Å²) in [4.78, 5) is 45.8. The zero-order valence-electron chi connectivity index (χ0n) is 27.3. The van der Waals surface area contributed by atoms with E-state index in [-0.39, 0.29) is 23.7 Å². The van der Waals surface area contributed by atoms with E-state index in [1.54, 1.807) is 70.7 Å². The van der Waals surface area contributed by atoms with Crippen LogP contribution in [-0.2, 0) is 17.5 Å². The number of anilines is 3. The number of halogens is 3. The summed E-state index contributed by atoms with van der Waals surface area (Å²) in [6.07, 6.45) is 1.72. The summed E-state index contributed by atoms with van der Waals surface area (Å²) in [5, 5.41) is 5.84. The zero-order chi connectivity index (χ0) is 34.6. The van der Waals surface area contributed by atoms with Crippen molar-refractivity contribution in [2.24, 2.45) is 0 Å². The summed E-state index contributed by atoms with van der Waals surface area (Å²) in [6.45, 7) is 8.11. The van der Waals surface area contributed by atoms with Crippen LogP contribution in [0.1, 0.15) is 54.2 Å². The minimum Gasteiger partial charge on any atom is -0.444 e. The van der Waals surface area contributed by atoms with E-state index in [9.17, 15) is 22.8 Å². The molecule has 1 unspecified atom stereocenters. The number of carbonyl (C=O) groups excluding carboxylic acids is 2. The maximum atomic E-state index is 14.3. The fraction of sp³-hybridized carbons (Fsp3) is 0.353. The van der Waals surface area contributed by atoms with Gasteiger partial charge in [0, 0.05) is 73.8 Å². The van der Waals surface area contributed by atoms with Crippen LogP contribution in [0.2, 0.25) is 0 Å². The molecule has 2 aromatic carbocycles. The quantitative estimate of drug-likeness (QED) is 0.212. The van der Waals surface area contributed by atoms with Crippen molar-refractivity contribution >= 4 is 29.3 Å². The van der Waals surface area contributed by atoms with Crippen molar-refractivity contribution in [3.63, 3.8) is 0 Å². The monoisotopic (exact) mass is 662 g/mol. The predicted molar refractivity (Wildman–Crippen MR) is 175 cm³/mol. The molecular weight excluding hydrogens is 625 g/mol. The summed E-state index contributed by atoms with van der Waals surface area (Å²) in [5.41, 5.74) is 1.49. The number of aromatic nitrogens is 4. The van der Waals surface area contributed by atoms with Gasteiger partial charge in [-0.1, -0.05) is 12.1 Å². The highest BCUT2D eigenvalue weighted by molar-refractivity contribution is 6.04. The predicted octanol–water partition coefficient (Wildman–Crippen LogP) is 6.70. The van der Waals surface area contributed by atoms with Crippen LogP contribution in [0.3, 0.4) is 0 Å². The highest BCUT2D eigenvalue weighted by Crippen LogP contribution is 2.34. The van der Waals surface area contributed by atoms with Crippen molar-refractivity contribution in [2.75, 3.05) is 30.8 Å². The molecule has 0 aliphatic carbocycles. The molecule has 2 amide bonds. The van der Waals surface area contributed by atoms with Crippen LogP contribution in [-0.4, -0.2) is 73.5 Å². The first-order valence-corrected chi connectivity index (χ1v) is 15.3. The molecule has 1 saturated heterocycles. The number of carbonyl (C=O) groups is 2. The molecule has 48 heavy (non-hydrogen) atoms. The molecule has 11 nitrogen and oxygen atoms in total. The molecule has 5 rings (SSSR count). The Bertz CT molecular complexity index is 1780. The average molecular weight is 663 g/mol. The summed E-state index contributed by atoms with van der Waals surface area (Å²) in [6, 6.07) is 10.2. The van der Waals surface area contributed by atoms with Gasteiger partial charge in [-0.15, -0.1) is 0 Å². The lowest BCUT2D eigenvalue weighted by molar-refractivity contribution is -0.138. The van der Waals surface area contributed by atoms with Crippen molar-refractivity contribution in [1.82, 2.24) is 29.7 Å². The first-order chi connectivity index (χ1) is 22.7. The maximum Gasteiger partial charge on any atom is 0.416 e. The van der Waals surface area contributed by atoms with Gasteiger partial charge in [-0.2, -0.15) is 13.2 Å². The fourth-order valence-electron chi connectivity index (χ4n) is 5.28. The zero-order valence-corrected chi connectivity index (χ0v) is 27.3. The Morgan fingerprint density at radius 2 is 1.81 bits per heavy atom. The third-order valence-electron chi connectivity index (χ3n) is 7.80. The van der Waals surface area contributed by atoms with Gasteiger partial charge >= 0.3 is 12.3 Å². The van der Waals surface area contributed by atoms with Crippen molar-refractivity contribution in [3.05, 3.63) is 89.6 Å². The molecule has 1 aliphatic heterocycles.